The maximum Gasteiger partial charge on any atom is 0.272 e. The minimum absolute atomic E-state index is 0.0829. The number of benzene rings is 2. The Kier molecular flexibility index (Phi) is 6.80. The van der Waals surface area contributed by atoms with E-state index in [-0.39, 0.29) is 23.7 Å². The highest BCUT2D eigenvalue weighted by molar-refractivity contribution is 5.77. The summed E-state index contributed by atoms with van der Waals surface area (Å²) >= 11 is 0. The zero-order valence-electron chi connectivity index (χ0n) is 18.3. The van der Waals surface area contributed by atoms with Gasteiger partial charge in [0.25, 0.3) is 5.56 Å². The molecule has 0 atom stereocenters. The number of amides is 1. The number of halogens is 1. The summed E-state index contributed by atoms with van der Waals surface area (Å²) in [7, 11) is 0. The quantitative estimate of drug-likeness (QED) is 0.614. The highest BCUT2D eigenvalue weighted by Gasteiger charge is 2.19. The maximum atomic E-state index is 14.0. The maximum absolute atomic E-state index is 14.0. The lowest BCUT2D eigenvalue weighted by molar-refractivity contribution is -0.121. The molecule has 1 fully saturated rings. The van der Waals surface area contributed by atoms with Crippen molar-refractivity contribution in [3.8, 4) is 0 Å². The monoisotopic (exact) mass is 437 g/mol. The fourth-order valence-corrected chi connectivity index (χ4v) is 4.12. The zero-order chi connectivity index (χ0) is 22.5. The summed E-state index contributed by atoms with van der Waals surface area (Å²) in [4.78, 5) is 33.5. The molecule has 168 valence electrons. The number of aromatic nitrogens is 2. The third-order valence-electron chi connectivity index (χ3n) is 5.89. The molecule has 2 heterocycles. The van der Waals surface area contributed by atoms with Gasteiger partial charge in [-0.2, -0.15) is 0 Å². The number of hydrogen-bond donors (Lipinski definition) is 1. The van der Waals surface area contributed by atoms with Crippen LogP contribution in [0.15, 0.2) is 53.3 Å². The van der Waals surface area contributed by atoms with Crippen LogP contribution in [0, 0.1) is 12.7 Å². The van der Waals surface area contributed by atoms with Crippen molar-refractivity contribution in [1.29, 1.82) is 0 Å². The van der Waals surface area contributed by atoms with Crippen molar-refractivity contribution in [3.63, 3.8) is 0 Å². The minimum atomic E-state index is -0.190. The van der Waals surface area contributed by atoms with Gasteiger partial charge in [-0.15, -0.1) is 0 Å². The molecular weight excluding hydrogens is 409 g/mol. The van der Waals surface area contributed by atoms with E-state index in [1.165, 1.54) is 6.07 Å². The summed E-state index contributed by atoms with van der Waals surface area (Å²) in [6.45, 7) is 6.45. The minimum Gasteiger partial charge on any atom is -0.367 e. The number of fused-ring (bicyclic) bond motifs is 1. The van der Waals surface area contributed by atoms with Gasteiger partial charge in [-0.25, -0.2) is 9.37 Å². The molecule has 0 aliphatic carbocycles. The lowest BCUT2D eigenvalue weighted by Gasteiger charge is -2.36. The molecule has 0 unspecified atom stereocenters. The van der Waals surface area contributed by atoms with Crippen LogP contribution in [0.25, 0.3) is 11.0 Å². The molecule has 1 aliphatic heterocycles. The first kappa shape index (κ1) is 22.0. The Balaban J connectivity index is 1.23. The standard InChI is InChI=1S/C24H28FN5O2/c1-18-24(32)30(22-9-5-3-7-20(22)27-18)12-10-23(31)26-11-13-28-14-16-29(17-15-28)21-8-4-2-6-19(21)25/h2-9H,10-17H2,1H3,(H,26,31). The normalized spacial score (nSPS) is 14.6. The summed E-state index contributed by atoms with van der Waals surface area (Å²) < 4.78 is 15.6. The summed E-state index contributed by atoms with van der Waals surface area (Å²) in [6.07, 6.45) is 0.231. The Hall–Kier alpha value is -3.26. The number of carbonyl (C=O) groups excluding carboxylic acids is 1. The summed E-state index contributed by atoms with van der Waals surface area (Å²) in [5, 5.41) is 2.95. The van der Waals surface area contributed by atoms with Crippen LogP contribution in [-0.4, -0.2) is 59.6 Å². The van der Waals surface area contributed by atoms with Crippen LogP contribution in [0.4, 0.5) is 10.1 Å². The molecule has 1 N–H and O–H groups in total. The molecule has 0 saturated carbocycles. The molecule has 4 rings (SSSR count). The molecular formula is C24H28FN5O2. The fourth-order valence-electron chi connectivity index (χ4n) is 4.12. The van der Waals surface area contributed by atoms with E-state index >= 15 is 0 Å². The number of carbonyl (C=O) groups is 1. The SMILES string of the molecule is Cc1nc2ccccc2n(CCC(=O)NCCN2CCN(c3ccccc3F)CC2)c1=O. The van der Waals surface area contributed by atoms with Crippen molar-refractivity contribution in [3.05, 3.63) is 70.4 Å². The van der Waals surface area contributed by atoms with Crippen LogP contribution in [0.3, 0.4) is 0 Å². The van der Waals surface area contributed by atoms with Gasteiger partial charge < -0.3 is 14.8 Å². The van der Waals surface area contributed by atoms with Gasteiger partial charge in [-0.05, 0) is 31.2 Å². The Morgan fingerprint density at radius 1 is 1.03 bits per heavy atom. The van der Waals surface area contributed by atoms with Crippen molar-refractivity contribution in [1.82, 2.24) is 19.8 Å². The molecule has 0 spiro atoms. The number of hydrogen-bond acceptors (Lipinski definition) is 5. The van der Waals surface area contributed by atoms with Gasteiger partial charge in [0, 0.05) is 52.2 Å². The molecule has 3 aromatic rings. The Morgan fingerprint density at radius 2 is 1.75 bits per heavy atom. The molecule has 8 heteroatoms. The Bertz CT molecular complexity index is 1150. The largest absolute Gasteiger partial charge is 0.367 e. The van der Waals surface area contributed by atoms with E-state index in [9.17, 15) is 14.0 Å². The first-order valence-electron chi connectivity index (χ1n) is 11.0. The van der Waals surface area contributed by atoms with E-state index in [2.05, 4.69) is 20.1 Å². The topological polar surface area (TPSA) is 70.5 Å². The van der Waals surface area contributed by atoms with Crippen molar-refractivity contribution in [2.75, 3.05) is 44.2 Å². The molecule has 0 radical (unpaired) electrons. The van der Waals surface area contributed by atoms with E-state index in [0.717, 1.165) is 43.8 Å². The number of nitrogens with one attached hydrogen (secondary N) is 1. The molecule has 32 heavy (non-hydrogen) atoms. The number of para-hydroxylation sites is 3. The smallest absolute Gasteiger partial charge is 0.272 e. The second-order valence-corrected chi connectivity index (χ2v) is 8.02. The van der Waals surface area contributed by atoms with E-state index in [0.29, 0.717) is 24.5 Å². The van der Waals surface area contributed by atoms with Crippen molar-refractivity contribution >= 4 is 22.6 Å². The van der Waals surface area contributed by atoms with Crippen LogP contribution in [0.1, 0.15) is 12.1 Å². The predicted molar refractivity (Wildman–Crippen MR) is 123 cm³/mol. The lowest BCUT2D eigenvalue weighted by Crippen LogP contribution is -2.48. The summed E-state index contributed by atoms with van der Waals surface area (Å²) in [5.74, 6) is -0.273. The highest BCUT2D eigenvalue weighted by Crippen LogP contribution is 2.20. The molecule has 1 saturated heterocycles. The van der Waals surface area contributed by atoms with E-state index in [1.807, 2.05) is 36.4 Å². The van der Waals surface area contributed by atoms with Gasteiger partial charge in [0.05, 0.1) is 16.7 Å². The van der Waals surface area contributed by atoms with Crippen LogP contribution in [0.2, 0.25) is 0 Å². The van der Waals surface area contributed by atoms with Gasteiger partial charge in [0.1, 0.15) is 11.5 Å². The molecule has 1 aliphatic rings. The second-order valence-electron chi connectivity index (χ2n) is 8.02. The Morgan fingerprint density at radius 3 is 2.53 bits per heavy atom. The first-order chi connectivity index (χ1) is 15.5. The molecule has 1 amide bonds. The van der Waals surface area contributed by atoms with Gasteiger partial charge >= 0.3 is 0 Å². The number of piperazine rings is 1. The molecule has 7 nitrogen and oxygen atoms in total. The van der Waals surface area contributed by atoms with Crippen LogP contribution in [-0.2, 0) is 11.3 Å². The third kappa shape index (κ3) is 4.96. The zero-order valence-corrected chi connectivity index (χ0v) is 18.3. The lowest BCUT2D eigenvalue weighted by atomic mass is 10.2. The second kappa shape index (κ2) is 9.91. The van der Waals surface area contributed by atoms with Gasteiger partial charge in [0.2, 0.25) is 5.91 Å². The number of rotatable bonds is 7. The van der Waals surface area contributed by atoms with Crippen molar-refractivity contribution in [2.45, 2.75) is 19.9 Å². The van der Waals surface area contributed by atoms with Crippen LogP contribution in [0.5, 0.6) is 0 Å². The molecule has 0 bridgehead atoms. The van der Waals surface area contributed by atoms with Crippen LogP contribution < -0.4 is 15.8 Å². The average molecular weight is 438 g/mol. The first-order valence-corrected chi connectivity index (χ1v) is 11.0. The number of nitrogens with zero attached hydrogens (tertiary/aromatic N) is 4. The summed E-state index contributed by atoms with van der Waals surface area (Å²) in [6, 6.07) is 14.3. The molecule has 1 aromatic heterocycles. The van der Waals surface area contributed by atoms with Crippen molar-refractivity contribution in [2.24, 2.45) is 0 Å². The summed E-state index contributed by atoms with van der Waals surface area (Å²) in [5.41, 5.74) is 2.40. The van der Waals surface area contributed by atoms with E-state index in [4.69, 9.17) is 0 Å². The third-order valence-corrected chi connectivity index (χ3v) is 5.89. The van der Waals surface area contributed by atoms with Gasteiger partial charge in [0.15, 0.2) is 0 Å². The van der Waals surface area contributed by atoms with Crippen LogP contribution >= 0.6 is 0 Å². The van der Waals surface area contributed by atoms with Gasteiger partial charge in [-0.1, -0.05) is 24.3 Å². The number of anilines is 1. The number of aryl methyl sites for hydroxylation is 2. The fraction of sp³-hybridized carbons (Fsp3) is 0.375. The predicted octanol–water partition coefficient (Wildman–Crippen LogP) is 2.17. The van der Waals surface area contributed by atoms with Crippen molar-refractivity contribution < 1.29 is 9.18 Å². The highest BCUT2D eigenvalue weighted by atomic mass is 19.1. The molecule has 2 aromatic carbocycles. The van der Waals surface area contributed by atoms with Gasteiger partial charge in [-0.3, -0.25) is 14.5 Å². The average Bonchev–Trinajstić information content (AvgIpc) is 2.80. The van der Waals surface area contributed by atoms with E-state index in [1.54, 1.807) is 17.6 Å². The Labute approximate surface area is 186 Å². The van der Waals surface area contributed by atoms with E-state index < -0.39 is 0 Å².